The van der Waals surface area contributed by atoms with E-state index < -0.39 is 0 Å². The molecule has 1 N–H and O–H groups in total. The van der Waals surface area contributed by atoms with E-state index in [1.165, 1.54) is 0 Å². The summed E-state index contributed by atoms with van der Waals surface area (Å²) < 4.78 is 5.71. The van der Waals surface area contributed by atoms with Gasteiger partial charge in [0.2, 0.25) is 0 Å². The highest BCUT2D eigenvalue weighted by Gasteiger charge is 2.21. The maximum atomic E-state index is 8.91. The monoisotopic (exact) mass is 241 g/mol. The van der Waals surface area contributed by atoms with Crippen molar-refractivity contribution in [1.82, 2.24) is 4.90 Å². The van der Waals surface area contributed by atoms with E-state index in [4.69, 9.17) is 21.4 Å². The number of hydrogen-bond donors (Lipinski definition) is 1. The summed E-state index contributed by atoms with van der Waals surface area (Å²) in [6.45, 7) is 3.36. The van der Waals surface area contributed by atoms with Gasteiger partial charge in [-0.2, -0.15) is 0 Å². The van der Waals surface area contributed by atoms with Gasteiger partial charge in [-0.15, -0.1) is 0 Å². The fourth-order valence-electron chi connectivity index (χ4n) is 1.93. The Labute approximate surface area is 101 Å². The second-order valence-corrected chi connectivity index (χ2v) is 4.37. The van der Waals surface area contributed by atoms with Gasteiger partial charge in [0.05, 0.1) is 19.3 Å². The van der Waals surface area contributed by atoms with Crippen molar-refractivity contribution in [3.8, 4) is 0 Å². The quantitative estimate of drug-likeness (QED) is 0.875. The first-order valence-electron chi connectivity index (χ1n) is 5.50. The molecule has 1 heterocycles. The van der Waals surface area contributed by atoms with E-state index in [9.17, 15) is 0 Å². The van der Waals surface area contributed by atoms with Crippen molar-refractivity contribution in [2.75, 3.05) is 32.8 Å². The fourth-order valence-corrected chi connectivity index (χ4v) is 2.05. The molecule has 1 aromatic carbocycles. The van der Waals surface area contributed by atoms with Crippen LogP contribution in [0.3, 0.4) is 0 Å². The molecule has 0 radical (unpaired) electrons. The van der Waals surface area contributed by atoms with Crippen LogP contribution < -0.4 is 0 Å². The SMILES string of the molecule is OCCN1CCOC(c2ccc(Cl)cc2)C1. The lowest BCUT2D eigenvalue weighted by atomic mass is 10.1. The minimum atomic E-state index is 0.0950. The molecule has 1 saturated heterocycles. The van der Waals surface area contributed by atoms with Crippen molar-refractivity contribution in [3.05, 3.63) is 34.9 Å². The van der Waals surface area contributed by atoms with Gasteiger partial charge >= 0.3 is 0 Å². The Hall–Kier alpha value is -0.610. The van der Waals surface area contributed by atoms with Crippen LogP contribution in [-0.2, 0) is 4.74 Å². The lowest BCUT2D eigenvalue weighted by Gasteiger charge is -2.32. The van der Waals surface area contributed by atoms with Gasteiger partial charge in [-0.25, -0.2) is 0 Å². The maximum absolute atomic E-state index is 8.91. The Kier molecular flexibility index (Phi) is 4.18. The standard InChI is InChI=1S/C12H16ClNO2/c13-11-3-1-10(2-4-11)12-9-14(5-7-15)6-8-16-12/h1-4,12,15H,5-9H2. The zero-order valence-corrected chi connectivity index (χ0v) is 9.86. The number of rotatable bonds is 3. The number of morpholine rings is 1. The molecule has 1 fully saturated rings. The first-order valence-corrected chi connectivity index (χ1v) is 5.87. The minimum Gasteiger partial charge on any atom is -0.395 e. The van der Waals surface area contributed by atoms with E-state index in [0.717, 1.165) is 23.7 Å². The van der Waals surface area contributed by atoms with Gasteiger partial charge in [0.15, 0.2) is 0 Å². The van der Waals surface area contributed by atoms with Gasteiger partial charge in [0.1, 0.15) is 0 Å². The predicted molar refractivity (Wildman–Crippen MR) is 63.7 cm³/mol. The van der Waals surface area contributed by atoms with Gasteiger partial charge in [0, 0.05) is 24.7 Å². The van der Waals surface area contributed by atoms with Crippen LogP contribution in [0.25, 0.3) is 0 Å². The summed E-state index contributed by atoms with van der Waals surface area (Å²) in [4.78, 5) is 2.21. The maximum Gasteiger partial charge on any atom is 0.0952 e. The van der Waals surface area contributed by atoms with Crippen LogP contribution >= 0.6 is 11.6 Å². The molecule has 1 unspecified atom stereocenters. The summed E-state index contributed by atoms with van der Waals surface area (Å²) in [6, 6.07) is 7.75. The van der Waals surface area contributed by atoms with Crippen LogP contribution in [0, 0.1) is 0 Å². The first-order chi connectivity index (χ1) is 7.79. The van der Waals surface area contributed by atoms with Crippen LogP contribution in [-0.4, -0.2) is 42.9 Å². The predicted octanol–water partition coefficient (Wildman–Crippen LogP) is 1.71. The fraction of sp³-hybridized carbons (Fsp3) is 0.500. The number of ether oxygens (including phenoxy) is 1. The van der Waals surface area contributed by atoms with Crippen molar-refractivity contribution < 1.29 is 9.84 Å². The highest BCUT2D eigenvalue weighted by Crippen LogP contribution is 2.23. The average Bonchev–Trinajstić information content (AvgIpc) is 2.31. The molecule has 2 rings (SSSR count). The van der Waals surface area contributed by atoms with E-state index in [1.54, 1.807) is 0 Å². The number of β-amino-alcohol motifs (C(OH)–C–C–N with tert-alkyl or cyclic N) is 1. The van der Waals surface area contributed by atoms with Crippen LogP contribution in [0.1, 0.15) is 11.7 Å². The minimum absolute atomic E-state index is 0.0950. The van der Waals surface area contributed by atoms with Crippen LogP contribution in [0.4, 0.5) is 0 Å². The molecule has 1 aliphatic rings. The summed E-state index contributed by atoms with van der Waals surface area (Å²) in [5.41, 5.74) is 1.15. The topological polar surface area (TPSA) is 32.7 Å². The smallest absolute Gasteiger partial charge is 0.0952 e. The molecule has 0 saturated carbocycles. The Bertz CT molecular complexity index is 326. The summed E-state index contributed by atoms with van der Waals surface area (Å²) in [7, 11) is 0. The van der Waals surface area contributed by atoms with Gasteiger partial charge < -0.3 is 9.84 Å². The molecule has 3 nitrogen and oxygen atoms in total. The van der Waals surface area contributed by atoms with E-state index >= 15 is 0 Å². The van der Waals surface area contributed by atoms with Crippen molar-refractivity contribution in [2.24, 2.45) is 0 Å². The highest BCUT2D eigenvalue weighted by molar-refractivity contribution is 6.30. The molecule has 1 aliphatic heterocycles. The molecular formula is C12H16ClNO2. The van der Waals surface area contributed by atoms with E-state index in [-0.39, 0.29) is 12.7 Å². The van der Waals surface area contributed by atoms with Gasteiger partial charge in [0.25, 0.3) is 0 Å². The molecule has 0 amide bonds. The molecule has 0 bridgehead atoms. The van der Waals surface area contributed by atoms with Crippen LogP contribution in [0.15, 0.2) is 24.3 Å². The number of aliphatic hydroxyl groups is 1. The Morgan fingerprint density at radius 3 is 2.81 bits per heavy atom. The second kappa shape index (κ2) is 5.64. The van der Waals surface area contributed by atoms with E-state index in [1.807, 2.05) is 24.3 Å². The van der Waals surface area contributed by atoms with Crippen molar-refractivity contribution in [1.29, 1.82) is 0 Å². The van der Waals surface area contributed by atoms with E-state index in [0.29, 0.717) is 13.2 Å². The summed E-state index contributed by atoms with van der Waals surface area (Å²) in [5.74, 6) is 0. The van der Waals surface area contributed by atoms with Crippen molar-refractivity contribution in [2.45, 2.75) is 6.10 Å². The van der Waals surface area contributed by atoms with E-state index in [2.05, 4.69) is 4.90 Å². The Balaban J connectivity index is 2.01. The lowest BCUT2D eigenvalue weighted by molar-refractivity contribution is -0.0337. The molecular weight excluding hydrogens is 226 g/mol. The number of hydrogen-bond acceptors (Lipinski definition) is 3. The van der Waals surface area contributed by atoms with Crippen molar-refractivity contribution >= 4 is 11.6 Å². The summed E-state index contributed by atoms with van der Waals surface area (Å²) in [6.07, 6.45) is 0.0950. The molecule has 1 atom stereocenters. The Morgan fingerprint density at radius 2 is 2.12 bits per heavy atom. The number of halogens is 1. The normalized spacial score (nSPS) is 22.2. The van der Waals surface area contributed by atoms with Gasteiger partial charge in [-0.05, 0) is 17.7 Å². The molecule has 0 spiro atoms. The van der Waals surface area contributed by atoms with Gasteiger partial charge in [-0.3, -0.25) is 4.90 Å². The van der Waals surface area contributed by atoms with Gasteiger partial charge in [-0.1, -0.05) is 23.7 Å². The molecule has 0 aliphatic carbocycles. The molecule has 16 heavy (non-hydrogen) atoms. The third-order valence-electron chi connectivity index (χ3n) is 2.81. The molecule has 88 valence electrons. The largest absolute Gasteiger partial charge is 0.395 e. The summed E-state index contributed by atoms with van der Waals surface area (Å²) in [5, 5.41) is 9.65. The average molecular weight is 242 g/mol. The third kappa shape index (κ3) is 2.95. The van der Waals surface area contributed by atoms with Crippen LogP contribution in [0.2, 0.25) is 5.02 Å². The first kappa shape index (κ1) is 11.9. The second-order valence-electron chi connectivity index (χ2n) is 3.94. The zero-order chi connectivity index (χ0) is 11.4. The number of benzene rings is 1. The highest BCUT2D eigenvalue weighted by atomic mass is 35.5. The molecule has 1 aromatic rings. The number of aliphatic hydroxyl groups excluding tert-OH is 1. The third-order valence-corrected chi connectivity index (χ3v) is 3.06. The lowest BCUT2D eigenvalue weighted by Crippen LogP contribution is -2.39. The summed E-state index contributed by atoms with van der Waals surface area (Å²) >= 11 is 5.84. The molecule has 4 heteroatoms. The van der Waals surface area contributed by atoms with Crippen molar-refractivity contribution in [3.63, 3.8) is 0 Å². The number of nitrogens with zero attached hydrogens (tertiary/aromatic N) is 1. The molecule has 0 aromatic heterocycles. The van der Waals surface area contributed by atoms with Crippen LogP contribution in [0.5, 0.6) is 0 Å². The zero-order valence-electron chi connectivity index (χ0n) is 9.10. The Morgan fingerprint density at radius 1 is 1.38 bits per heavy atom.